The molecule has 0 spiro atoms. The smallest absolute Gasteiger partial charge is 0.566 e. The number of rotatable bonds is 6. The second kappa shape index (κ2) is 13.2. The Bertz CT molecular complexity index is 302. The van der Waals surface area contributed by atoms with Crippen LogP contribution in [-0.4, -0.2) is 61.9 Å². The Morgan fingerprint density at radius 3 is 1.16 bits per heavy atom. The fourth-order valence-electron chi connectivity index (χ4n) is 0.344. The quantitative estimate of drug-likeness (QED) is 0.340. The van der Waals surface area contributed by atoms with Gasteiger partial charge < -0.3 is 29.6 Å². The summed E-state index contributed by atoms with van der Waals surface area (Å²) < 4.78 is 26.9. The largest absolute Gasteiger partial charge is 2.00 e. The molecular weight excluding hydrogens is 334 g/mol. The zero-order valence-corrected chi connectivity index (χ0v) is 13.8. The number of carboxylic acid groups (broad SMARTS) is 2. The van der Waals surface area contributed by atoms with Crippen LogP contribution >= 0.6 is 16.5 Å². The van der Waals surface area contributed by atoms with Crippen LogP contribution < -0.4 is 20.0 Å². The minimum Gasteiger partial charge on any atom is -0.566 e. The van der Waals surface area contributed by atoms with Crippen LogP contribution in [0.5, 0.6) is 0 Å². The van der Waals surface area contributed by atoms with Crippen molar-refractivity contribution in [2.75, 3.05) is 0 Å². The molecule has 0 amide bonds. The van der Waals surface area contributed by atoms with Gasteiger partial charge in [0.25, 0.3) is 0 Å². The van der Waals surface area contributed by atoms with Crippen LogP contribution in [0.4, 0.5) is 0 Å². The average molecular weight is 342 g/mol. The van der Waals surface area contributed by atoms with Gasteiger partial charge in [-0.25, -0.2) is 0 Å². The molecule has 0 rings (SSSR count). The topological polar surface area (TPSA) is 179 Å². The van der Waals surface area contributed by atoms with Crippen LogP contribution in [0.2, 0.25) is 0 Å². The summed E-state index contributed by atoms with van der Waals surface area (Å²) in [7, 11) is -6.19. The van der Waals surface area contributed by atoms with Gasteiger partial charge in [-0.1, -0.05) is 0 Å². The molecule has 0 aliphatic carbocycles. The molecule has 0 fully saturated rings. The maximum atomic E-state index is 9.73. The summed E-state index contributed by atoms with van der Waals surface area (Å²) >= 11 is 0. The molecule has 0 aromatic carbocycles. The van der Waals surface area contributed by atoms with Crippen molar-refractivity contribution < 1.29 is 47.8 Å². The molecule has 0 aromatic heterocycles. The third kappa shape index (κ3) is 18.2. The number of carboxylic acids is 2. The van der Waals surface area contributed by atoms with Crippen molar-refractivity contribution in [2.24, 2.45) is 0 Å². The minimum absolute atomic E-state index is 0. The second-order valence-electron chi connectivity index (χ2n) is 2.58. The molecule has 0 saturated carbocycles. The monoisotopic (exact) mass is 342 g/mol. The van der Waals surface area contributed by atoms with Gasteiger partial charge in [-0.15, -0.1) is 9.05 Å². The predicted octanol–water partition coefficient (Wildman–Crippen LogP) is -4.06. The van der Waals surface area contributed by atoms with E-state index < -0.39 is 40.7 Å². The van der Waals surface area contributed by atoms with Crippen molar-refractivity contribution in [2.45, 2.75) is 26.1 Å². The van der Waals surface area contributed by atoms with Gasteiger partial charge in [0.15, 0.2) is 0 Å². The van der Waals surface area contributed by atoms with Gasteiger partial charge in [-0.05, 0) is 23.0 Å². The standard InChI is InChI=1S/2C3H5O5P.Ca/c2*1-2(3(4)5)8-9(6)7;/h2*2H,1H3,(H,4,5);/q;;+2/p-2. The van der Waals surface area contributed by atoms with Gasteiger partial charge in [0.1, 0.15) is 12.2 Å². The van der Waals surface area contributed by atoms with Crippen LogP contribution in [0.15, 0.2) is 0 Å². The summed E-state index contributed by atoms with van der Waals surface area (Å²) in [4.78, 5) is 38.7. The number of aliphatic carboxylic acids is 2. The Hall–Kier alpha value is 0.240. The number of carbonyl (C=O) groups excluding carboxylic acids is 2. The van der Waals surface area contributed by atoms with Gasteiger partial charge in [0, 0.05) is 0 Å². The van der Waals surface area contributed by atoms with Crippen LogP contribution in [0, 0.1) is 0 Å². The van der Waals surface area contributed by atoms with Gasteiger partial charge in [0.05, 0.1) is 11.9 Å². The molecule has 0 N–H and O–H groups in total. The van der Waals surface area contributed by atoms with Crippen molar-refractivity contribution >= 4 is 66.2 Å². The summed E-state index contributed by atoms with van der Waals surface area (Å²) in [5.41, 5.74) is 0. The van der Waals surface area contributed by atoms with Crippen molar-refractivity contribution in [3.8, 4) is 0 Å². The molecule has 0 saturated heterocycles. The molecule has 104 valence electrons. The average Bonchev–Trinajstić information content (AvgIpc) is 2.16. The fraction of sp³-hybridized carbons (Fsp3) is 0.667. The molecular formula is C6H8CaO10P2. The van der Waals surface area contributed by atoms with Crippen molar-refractivity contribution in [3.05, 3.63) is 0 Å². The van der Waals surface area contributed by atoms with E-state index in [1.165, 1.54) is 0 Å². The molecule has 0 aromatic rings. The number of hydrogen-bond donors (Lipinski definition) is 0. The maximum Gasteiger partial charge on any atom is 2.00 e. The first-order valence-electron chi connectivity index (χ1n) is 4.12. The molecule has 19 heavy (non-hydrogen) atoms. The molecule has 0 bridgehead atoms. The van der Waals surface area contributed by atoms with Crippen LogP contribution in [0.3, 0.4) is 0 Å². The number of hydrogen-bond acceptors (Lipinski definition) is 10. The maximum absolute atomic E-state index is 9.73. The SMILES string of the molecule is CC(O[P+](=O)[O-])C(=O)[O-].CC(O[P+](=O)[O-])C(=O)[O-].[Ca+2]. The first kappa shape index (κ1) is 24.3. The first-order valence-corrected chi connectivity index (χ1v) is 6.31. The zero-order chi connectivity index (χ0) is 14.9. The summed E-state index contributed by atoms with van der Waals surface area (Å²) in [5, 5.41) is 19.5. The Morgan fingerprint density at radius 1 is 0.895 bits per heavy atom. The van der Waals surface area contributed by atoms with E-state index in [1.807, 2.05) is 0 Å². The second-order valence-corrected chi connectivity index (χ2v) is 3.90. The Kier molecular flexibility index (Phi) is 16.9. The Labute approximate surface area is 139 Å². The van der Waals surface area contributed by atoms with E-state index in [9.17, 15) is 38.7 Å². The summed E-state index contributed by atoms with van der Waals surface area (Å²) in [5.74, 6) is -3.09. The Morgan fingerprint density at radius 2 is 1.11 bits per heavy atom. The van der Waals surface area contributed by atoms with Crippen molar-refractivity contribution in [1.29, 1.82) is 0 Å². The molecule has 4 unspecified atom stereocenters. The van der Waals surface area contributed by atoms with E-state index >= 15 is 0 Å². The van der Waals surface area contributed by atoms with E-state index in [-0.39, 0.29) is 37.7 Å². The van der Waals surface area contributed by atoms with Gasteiger partial charge in [-0.3, -0.25) is 0 Å². The first-order chi connectivity index (χ1) is 8.07. The van der Waals surface area contributed by atoms with Crippen LogP contribution in [-0.2, 0) is 27.8 Å². The van der Waals surface area contributed by atoms with E-state index in [1.54, 1.807) is 0 Å². The van der Waals surface area contributed by atoms with Crippen LogP contribution in [0.1, 0.15) is 13.8 Å². The molecule has 0 aliphatic rings. The summed E-state index contributed by atoms with van der Waals surface area (Å²) in [6.07, 6.45) is -2.79. The Balaban J connectivity index is -0.000000256. The normalized spacial score (nSPS) is 13.9. The number of carbonyl (C=O) groups is 2. The third-order valence-corrected chi connectivity index (χ3v) is 2.13. The van der Waals surface area contributed by atoms with E-state index in [4.69, 9.17) is 0 Å². The zero-order valence-electron chi connectivity index (χ0n) is 9.84. The molecule has 0 heterocycles. The van der Waals surface area contributed by atoms with E-state index in [0.717, 1.165) is 13.8 Å². The van der Waals surface area contributed by atoms with E-state index in [2.05, 4.69) is 9.05 Å². The van der Waals surface area contributed by atoms with Crippen molar-refractivity contribution in [1.82, 2.24) is 0 Å². The minimum atomic E-state index is -3.09. The summed E-state index contributed by atoms with van der Waals surface area (Å²) in [6, 6.07) is 0. The van der Waals surface area contributed by atoms with E-state index in [0.29, 0.717) is 0 Å². The molecule has 13 heteroatoms. The van der Waals surface area contributed by atoms with Crippen molar-refractivity contribution in [3.63, 3.8) is 0 Å². The van der Waals surface area contributed by atoms with Gasteiger partial charge in [-0.2, -0.15) is 0 Å². The molecule has 0 aliphatic heterocycles. The van der Waals surface area contributed by atoms with Gasteiger partial charge >= 0.3 is 54.2 Å². The molecule has 0 radical (unpaired) electrons. The predicted molar refractivity (Wildman–Crippen MR) is 52.1 cm³/mol. The fourth-order valence-corrected chi connectivity index (χ4v) is 1.03. The summed E-state index contributed by atoms with van der Waals surface area (Å²) in [6.45, 7) is 2.14. The molecule has 10 nitrogen and oxygen atoms in total. The van der Waals surface area contributed by atoms with Gasteiger partial charge in [0.2, 0.25) is 0 Å². The van der Waals surface area contributed by atoms with Crippen LogP contribution in [0.25, 0.3) is 0 Å². The molecule has 4 atom stereocenters. The third-order valence-electron chi connectivity index (χ3n) is 1.15.